The lowest BCUT2D eigenvalue weighted by molar-refractivity contribution is -0.123. The molecule has 1 spiro atoms. The van der Waals surface area contributed by atoms with Crippen molar-refractivity contribution in [2.75, 3.05) is 26.7 Å². The fourth-order valence-electron chi connectivity index (χ4n) is 5.83. The molecule has 2 fully saturated rings. The molecule has 2 aliphatic rings. The summed E-state index contributed by atoms with van der Waals surface area (Å²) in [4.78, 5) is 15.4. The van der Waals surface area contributed by atoms with Gasteiger partial charge in [0, 0.05) is 36.6 Å². The molecule has 3 aromatic rings. The van der Waals surface area contributed by atoms with Crippen LogP contribution >= 0.6 is 0 Å². The molecule has 1 saturated heterocycles. The second-order valence-electron chi connectivity index (χ2n) is 10.3. The van der Waals surface area contributed by atoms with E-state index in [1.807, 2.05) is 24.3 Å². The molecule has 0 bridgehead atoms. The number of carbonyl (C=O) groups excluding carboxylic acids is 1. The van der Waals surface area contributed by atoms with E-state index >= 15 is 0 Å². The van der Waals surface area contributed by atoms with Crippen LogP contribution in [0.15, 0.2) is 78.9 Å². The minimum Gasteiger partial charge on any atom is -0.507 e. The predicted octanol–water partition coefficient (Wildman–Crippen LogP) is 5.34. The van der Waals surface area contributed by atoms with Crippen molar-refractivity contribution in [1.82, 2.24) is 10.2 Å². The number of carbonyl (C=O) groups is 1. The van der Waals surface area contributed by atoms with Crippen LogP contribution in [0.1, 0.15) is 48.3 Å². The molecular formula is C31H36N2O3. The fourth-order valence-corrected chi connectivity index (χ4v) is 5.83. The Balaban J connectivity index is 1.11. The van der Waals surface area contributed by atoms with Gasteiger partial charge in [-0.05, 0) is 61.4 Å². The van der Waals surface area contributed by atoms with Gasteiger partial charge in [-0.2, -0.15) is 0 Å². The summed E-state index contributed by atoms with van der Waals surface area (Å²) in [7, 11) is 1.60. The number of phenols is 1. The molecule has 1 atom stereocenters. The van der Waals surface area contributed by atoms with E-state index in [9.17, 15) is 9.90 Å². The van der Waals surface area contributed by atoms with Crippen molar-refractivity contribution < 1.29 is 14.6 Å². The first kappa shape index (κ1) is 24.4. The highest BCUT2D eigenvalue weighted by atomic mass is 16.5. The third-order valence-corrected chi connectivity index (χ3v) is 8.18. The van der Waals surface area contributed by atoms with Crippen LogP contribution < -0.4 is 10.1 Å². The number of nitrogens with zero attached hydrogens (tertiary/aromatic N) is 1. The Bertz CT molecular complexity index is 1120. The molecule has 1 heterocycles. The Hall–Kier alpha value is -3.31. The largest absolute Gasteiger partial charge is 0.507 e. The Morgan fingerprint density at radius 1 is 1.03 bits per heavy atom. The molecule has 0 unspecified atom stereocenters. The maximum atomic E-state index is 13.0. The number of hydrogen-bond acceptors (Lipinski definition) is 4. The summed E-state index contributed by atoms with van der Waals surface area (Å²) >= 11 is 0. The zero-order valence-corrected chi connectivity index (χ0v) is 21.0. The maximum Gasteiger partial charge on any atom is 0.223 e. The van der Waals surface area contributed by atoms with Gasteiger partial charge in [-0.25, -0.2) is 0 Å². The van der Waals surface area contributed by atoms with Crippen LogP contribution in [0.4, 0.5) is 0 Å². The lowest BCUT2D eigenvalue weighted by Crippen LogP contribution is -2.37. The number of amides is 1. The van der Waals surface area contributed by atoms with Gasteiger partial charge in [-0.3, -0.25) is 9.69 Å². The summed E-state index contributed by atoms with van der Waals surface area (Å²) in [5, 5.41) is 13.5. The normalized spacial score (nSPS) is 18.8. The first-order valence-electron chi connectivity index (χ1n) is 13.0. The Morgan fingerprint density at radius 2 is 1.67 bits per heavy atom. The second-order valence-corrected chi connectivity index (χ2v) is 10.3. The molecule has 1 saturated carbocycles. The predicted molar refractivity (Wildman–Crippen MR) is 142 cm³/mol. The highest BCUT2D eigenvalue weighted by molar-refractivity contribution is 5.82. The number of phenolic OH excluding ortho intramolecular Hbond substituents is 1. The molecule has 36 heavy (non-hydrogen) atoms. The number of methoxy groups -OCH3 is 1. The van der Waals surface area contributed by atoms with Crippen LogP contribution in [0, 0.1) is 11.3 Å². The summed E-state index contributed by atoms with van der Waals surface area (Å²) in [6.07, 6.45) is 3.97. The molecule has 1 amide bonds. The molecule has 0 aromatic heterocycles. The first-order valence-corrected chi connectivity index (χ1v) is 13.0. The Morgan fingerprint density at radius 3 is 2.25 bits per heavy atom. The number of ether oxygens (including phenoxy) is 1. The quantitative estimate of drug-likeness (QED) is 0.430. The van der Waals surface area contributed by atoms with Crippen molar-refractivity contribution in [3.8, 4) is 11.5 Å². The van der Waals surface area contributed by atoms with Gasteiger partial charge in [0.1, 0.15) is 11.5 Å². The zero-order valence-electron chi connectivity index (χ0n) is 21.0. The zero-order chi connectivity index (χ0) is 25.0. The number of likely N-dealkylation sites (tertiary alicyclic amines) is 1. The molecule has 2 N–H and O–H groups in total. The smallest absolute Gasteiger partial charge is 0.223 e. The van der Waals surface area contributed by atoms with Gasteiger partial charge in [0.05, 0.1) is 7.11 Å². The van der Waals surface area contributed by atoms with Crippen molar-refractivity contribution in [3.63, 3.8) is 0 Å². The van der Waals surface area contributed by atoms with Gasteiger partial charge in [0.25, 0.3) is 0 Å². The second kappa shape index (κ2) is 10.8. The van der Waals surface area contributed by atoms with Gasteiger partial charge >= 0.3 is 0 Å². The highest BCUT2D eigenvalue weighted by Gasteiger charge is 2.58. The minimum atomic E-state index is 0.140. The average Bonchev–Trinajstić information content (AvgIpc) is 3.63. The molecule has 1 aliphatic heterocycles. The van der Waals surface area contributed by atoms with E-state index in [1.165, 1.54) is 11.1 Å². The topological polar surface area (TPSA) is 61.8 Å². The molecule has 3 aromatic carbocycles. The molecule has 188 valence electrons. The van der Waals surface area contributed by atoms with Crippen molar-refractivity contribution in [3.05, 3.63) is 95.6 Å². The number of hydrogen-bond donors (Lipinski definition) is 2. The summed E-state index contributed by atoms with van der Waals surface area (Å²) in [5.74, 6) is 1.58. The molecule has 5 heteroatoms. The summed E-state index contributed by atoms with van der Waals surface area (Å²) < 4.78 is 5.18. The van der Waals surface area contributed by atoms with Gasteiger partial charge in [-0.15, -0.1) is 0 Å². The van der Waals surface area contributed by atoms with Gasteiger partial charge in [0.15, 0.2) is 0 Å². The van der Waals surface area contributed by atoms with E-state index in [4.69, 9.17) is 4.74 Å². The minimum absolute atomic E-state index is 0.140. The lowest BCUT2D eigenvalue weighted by Gasteiger charge is -2.33. The monoisotopic (exact) mass is 484 g/mol. The van der Waals surface area contributed by atoms with E-state index in [0.29, 0.717) is 12.3 Å². The van der Waals surface area contributed by atoms with Crippen molar-refractivity contribution >= 4 is 5.91 Å². The highest BCUT2D eigenvalue weighted by Crippen LogP contribution is 2.59. The number of benzene rings is 3. The third-order valence-electron chi connectivity index (χ3n) is 8.18. The number of piperidine rings is 1. The van der Waals surface area contributed by atoms with Crippen molar-refractivity contribution in [2.24, 2.45) is 11.3 Å². The van der Waals surface area contributed by atoms with Crippen molar-refractivity contribution in [2.45, 2.75) is 38.1 Å². The van der Waals surface area contributed by atoms with E-state index in [1.54, 1.807) is 13.2 Å². The summed E-state index contributed by atoms with van der Waals surface area (Å²) in [5.41, 5.74) is 3.66. The first-order chi connectivity index (χ1) is 17.6. The van der Waals surface area contributed by atoms with Crippen LogP contribution in [0.2, 0.25) is 0 Å². The lowest BCUT2D eigenvalue weighted by atomic mass is 9.88. The number of aromatic hydroxyl groups is 1. The van der Waals surface area contributed by atoms with Gasteiger partial charge in [0.2, 0.25) is 5.91 Å². The van der Waals surface area contributed by atoms with Gasteiger partial charge < -0.3 is 15.2 Å². The molecular weight excluding hydrogens is 448 g/mol. The fraction of sp³-hybridized carbons (Fsp3) is 0.387. The van der Waals surface area contributed by atoms with Crippen LogP contribution in [-0.2, 0) is 11.3 Å². The van der Waals surface area contributed by atoms with Crippen LogP contribution in [0.25, 0.3) is 0 Å². The Kier molecular flexibility index (Phi) is 7.28. The van der Waals surface area contributed by atoms with Crippen LogP contribution in [-0.4, -0.2) is 42.7 Å². The average molecular weight is 485 g/mol. The standard InChI is InChI=1S/C31H36N2O3/c1-36-26-13-12-25(29(34)20-26)22-33-18-15-31(16-19-33)21-28(31)30(35)32-17-14-27(23-8-4-2-5-9-23)24-10-6-3-7-11-24/h2-13,20,27-28,34H,14-19,21-22H2,1H3,(H,32,35)/t28-/m1/s1. The van der Waals surface area contributed by atoms with Crippen LogP contribution in [0.5, 0.6) is 11.5 Å². The molecule has 1 aliphatic carbocycles. The van der Waals surface area contributed by atoms with Crippen LogP contribution in [0.3, 0.4) is 0 Å². The van der Waals surface area contributed by atoms with Crippen molar-refractivity contribution in [1.29, 1.82) is 0 Å². The van der Waals surface area contributed by atoms with E-state index in [2.05, 4.69) is 58.7 Å². The number of rotatable bonds is 9. The van der Waals surface area contributed by atoms with E-state index in [-0.39, 0.29) is 28.9 Å². The Labute approximate surface area is 214 Å². The maximum absolute atomic E-state index is 13.0. The molecule has 0 radical (unpaired) electrons. The summed E-state index contributed by atoms with van der Waals surface area (Å²) in [6, 6.07) is 26.6. The van der Waals surface area contributed by atoms with Gasteiger partial charge in [-0.1, -0.05) is 66.7 Å². The summed E-state index contributed by atoms with van der Waals surface area (Å²) in [6.45, 7) is 3.32. The SMILES string of the molecule is COc1ccc(CN2CCC3(CC2)C[C@@H]3C(=O)NCCC(c2ccccc2)c2ccccc2)c(O)c1. The molecule has 5 nitrogen and oxygen atoms in total. The third kappa shape index (κ3) is 5.41. The molecule has 5 rings (SSSR count). The van der Waals surface area contributed by atoms with E-state index < -0.39 is 0 Å². The van der Waals surface area contributed by atoms with E-state index in [0.717, 1.165) is 50.9 Å². The number of nitrogens with one attached hydrogen (secondary N) is 1.